The second kappa shape index (κ2) is 12.1. The third kappa shape index (κ3) is 6.37. The number of aromatic nitrogens is 4. The number of nitrogens with zero attached hydrogens (tertiary/aromatic N) is 5. The molecule has 1 saturated carbocycles. The molecule has 0 bridgehead atoms. The van der Waals surface area contributed by atoms with Crippen LogP contribution in [0.2, 0.25) is 5.02 Å². The molecular weight excluding hydrogens is 562 g/mol. The summed E-state index contributed by atoms with van der Waals surface area (Å²) in [5.41, 5.74) is 2.67. The Morgan fingerprint density at radius 1 is 1.05 bits per heavy atom. The number of methoxy groups -OCH3 is 1. The first kappa shape index (κ1) is 29.0. The first-order valence-electron chi connectivity index (χ1n) is 13.6. The van der Waals surface area contributed by atoms with Crippen LogP contribution < -0.4 is 14.8 Å². The fourth-order valence-electron chi connectivity index (χ4n) is 5.14. The molecule has 2 heterocycles. The van der Waals surface area contributed by atoms with E-state index >= 15 is 0 Å². The molecule has 10 nitrogen and oxygen atoms in total. The van der Waals surface area contributed by atoms with Gasteiger partial charge in [-0.25, -0.2) is 28.1 Å². The fraction of sp³-hybridized carbons (Fsp3) is 0.379. The normalized spacial score (nSPS) is 17.5. The van der Waals surface area contributed by atoms with E-state index in [0.717, 1.165) is 54.4 Å². The molecule has 2 N–H and O–H groups in total. The number of hydrogen-bond acceptors (Lipinski definition) is 9. The second-order valence-electron chi connectivity index (χ2n) is 10.3. The maximum atomic E-state index is 13.2. The Bertz CT molecular complexity index is 1660. The van der Waals surface area contributed by atoms with E-state index in [-0.39, 0.29) is 27.8 Å². The monoisotopic (exact) mass is 595 g/mol. The Kier molecular flexibility index (Phi) is 8.58. The molecule has 2 aromatic carbocycles. The third-order valence-corrected chi connectivity index (χ3v) is 9.24. The van der Waals surface area contributed by atoms with Crippen molar-refractivity contribution in [3.63, 3.8) is 0 Å². The Hall–Kier alpha value is -3.54. The Morgan fingerprint density at radius 3 is 2.49 bits per heavy atom. The number of benzene rings is 2. The van der Waals surface area contributed by atoms with Crippen molar-refractivity contribution in [1.82, 2.24) is 24.8 Å². The zero-order valence-corrected chi connectivity index (χ0v) is 25.1. The SMILES string of the molecule is CCc1ncc2cc(-c3nc(NS(=O)(=O)c4ccccc4Cl)nc(OC)c3NC3CCC(N(C)C)CC3)ccc2n1. The lowest BCUT2D eigenvalue weighted by atomic mass is 9.90. The number of aryl methyl sites for hydroxylation is 1. The largest absolute Gasteiger partial charge is 0.479 e. The predicted octanol–water partition coefficient (Wildman–Crippen LogP) is 5.40. The Balaban J connectivity index is 1.58. The molecule has 2 aromatic heterocycles. The Labute approximate surface area is 245 Å². The van der Waals surface area contributed by atoms with E-state index < -0.39 is 10.0 Å². The first-order chi connectivity index (χ1) is 19.7. The van der Waals surface area contributed by atoms with Crippen molar-refractivity contribution in [2.75, 3.05) is 31.2 Å². The summed E-state index contributed by atoms with van der Waals surface area (Å²) in [5, 5.41) is 4.56. The van der Waals surface area contributed by atoms with Crippen LogP contribution in [0.25, 0.3) is 22.2 Å². The highest BCUT2D eigenvalue weighted by molar-refractivity contribution is 7.92. The van der Waals surface area contributed by atoms with Crippen LogP contribution in [0.3, 0.4) is 0 Å². The lowest BCUT2D eigenvalue weighted by Crippen LogP contribution is -2.36. The van der Waals surface area contributed by atoms with E-state index in [2.05, 4.69) is 44.0 Å². The molecule has 12 heteroatoms. The van der Waals surface area contributed by atoms with Crippen LogP contribution >= 0.6 is 11.6 Å². The summed E-state index contributed by atoms with van der Waals surface area (Å²) >= 11 is 6.19. The average Bonchev–Trinajstić information content (AvgIpc) is 2.97. The molecule has 0 radical (unpaired) electrons. The molecule has 0 aliphatic heterocycles. The minimum atomic E-state index is -4.07. The van der Waals surface area contributed by atoms with Gasteiger partial charge in [0, 0.05) is 35.7 Å². The van der Waals surface area contributed by atoms with E-state index in [0.29, 0.717) is 17.4 Å². The molecule has 41 heavy (non-hydrogen) atoms. The van der Waals surface area contributed by atoms with E-state index in [1.807, 2.05) is 25.1 Å². The van der Waals surface area contributed by atoms with Gasteiger partial charge >= 0.3 is 0 Å². The smallest absolute Gasteiger partial charge is 0.265 e. The highest BCUT2D eigenvalue weighted by atomic mass is 35.5. The summed E-state index contributed by atoms with van der Waals surface area (Å²) in [4.78, 5) is 20.4. The summed E-state index contributed by atoms with van der Waals surface area (Å²) in [6, 6.07) is 12.7. The molecular formula is C29H34ClN7O3S. The van der Waals surface area contributed by atoms with Crippen molar-refractivity contribution in [3.05, 3.63) is 59.5 Å². The lowest BCUT2D eigenvalue weighted by molar-refractivity contribution is 0.221. The molecule has 0 amide bonds. The van der Waals surface area contributed by atoms with Gasteiger partial charge in [-0.1, -0.05) is 36.7 Å². The van der Waals surface area contributed by atoms with Gasteiger partial charge < -0.3 is 15.0 Å². The van der Waals surface area contributed by atoms with Gasteiger partial charge in [0.05, 0.1) is 17.6 Å². The zero-order valence-electron chi connectivity index (χ0n) is 23.6. The Morgan fingerprint density at radius 2 is 1.80 bits per heavy atom. The van der Waals surface area contributed by atoms with Gasteiger partial charge in [0.2, 0.25) is 11.8 Å². The number of ether oxygens (including phenoxy) is 1. The van der Waals surface area contributed by atoms with Crippen LogP contribution in [0.15, 0.2) is 53.6 Å². The number of sulfonamides is 1. The number of nitrogens with one attached hydrogen (secondary N) is 2. The third-order valence-electron chi connectivity index (χ3n) is 7.42. The first-order valence-corrected chi connectivity index (χ1v) is 15.5. The predicted molar refractivity (Wildman–Crippen MR) is 162 cm³/mol. The van der Waals surface area contributed by atoms with Crippen molar-refractivity contribution >= 4 is 44.2 Å². The molecule has 216 valence electrons. The highest BCUT2D eigenvalue weighted by Crippen LogP contribution is 2.38. The summed E-state index contributed by atoms with van der Waals surface area (Å²) in [6.45, 7) is 2.01. The van der Waals surface area contributed by atoms with Crippen molar-refractivity contribution in [2.45, 2.75) is 56.0 Å². The van der Waals surface area contributed by atoms with Gasteiger partial charge in [0.15, 0.2) is 0 Å². The molecule has 1 fully saturated rings. The van der Waals surface area contributed by atoms with E-state index in [1.165, 1.54) is 19.2 Å². The number of hydrogen-bond donors (Lipinski definition) is 2. The van der Waals surface area contributed by atoms with E-state index in [1.54, 1.807) is 18.3 Å². The number of fused-ring (bicyclic) bond motifs is 1. The van der Waals surface area contributed by atoms with Crippen LogP contribution in [-0.4, -0.2) is 66.5 Å². The van der Waals surface area contributed by atoms with Gasteiger partial charge in [-0.3, -0.25) is 0 Å². The molecule has 1 aliphatic rings. The van der Waals surface area contributed by atoms with Crippen LogP contribution in [0.1, 0.15) is 38.4 Å². The summed E-state index contributed by atoms with van der Waals surface area (Å²) in [6.07, 6.45) is 6.59. The maximum Gasteiger partial charge on any atom is 0.265 e. The lowest BCUT2D eigenvalue weighted by Gasteiger charge is -2.33. The second-order valence-corrected chi connectivity index (χ2v) is 12.4. The van der Waals surface area contributed by atoms with E-state index in [9.17, 15) is 8.42 Å². The van der Waals surface area contributed by atoms with Crippen molar-refractivity contribution < 1.29 is 13.2 Å². The summed E-state index contributed by atoms with van der Waals surface area (Å²) < 4.78 is 34.7. The molecule has 0 atom stereocenters. The quantitative estimate of drug-likeness (QED) is 0.262. The molecule has 5 rings (SSSR count). The maximum absolute atomic E-state index is 13.2. The van der Waals surface area contributed by atoms with E-state index in [4.69, 9.17) is 21.3 Å². The number of halogens is 1. The average molecular weight is 596 g/mol. The minimum absolute atomic E-state index is 0.0692. The van der Waals surface area contributed by atoms with Crippen molar-refractivity contribution in [1.29, 1.82) is 0 Å². The van der Waals surface area contributed by atoms with Gasteiger partial charge in [-0.05, 0) is 64.0 Å². The highest BCUT2D eigenvalue weighted by Gasteiger charge is 2.27. The van der Waals surface area contributed by atoms with Crippen LogP contribution in [0.5, 0.6) is 5.88 Å². The summed E-state index contributed by atoms with van der Waals surface area (Å²) in [5.74, 6) is 0.872. The molecule has 0 unspecified atom stereocenters. The van der Waals surface area contributed by atoms with Crippen molar-refractivity contribution in [2.24, 2.45) is 0 Å². The summed E-state index contributed by atoms with van der Waals surface area (Å²) in [7, 11) is 1.66. The molecule has 0 spiro atoms. The van der Waals surface area contributed by atoms with Crippen LogP contribution in [0.4, 0.5) is 11.6 Å². The molecule has 0 saturated heterocycles. The van der Waals surface area contributed by atoms with Gasteiger partial charge in [0.1, 0.15) is 22.1 Å². The number of rotatable bonds is 9. The minimum Gasteiger partial charge on any atom is -0.479 e. The van der Waals surface area contributed by atoms with Gasteiger partial charge in [0.25, 0.3) is 10.0 Å². The topological polar surface area (TPSA) is 122 Å². The number of anilines is 2. The standard InChI is InChI=1S/C29H34ClN7O3S/c1-5-25-31-17-19-16-18(10-15-23(19)33-25)26-27(32-20-11-13-21(14-12-20)37(2)3)28(40-4)35-29(34-26)36-41(38,39)24-9-7-6-8-22(24)30/h6-10,15-17,20-21,32H,5,11-14H2,1-4H3,(H,34,35,36). The zero-order chi connectivity index (χ0) is 29.1. The van der Waals surface area contributed by atoms with Gasteiger partial charge in [-0.2, -0.15) is 4.98 Å². The fourth-order valence-corrected chi connectivity index (χ4v) is 6.60. The van der Waals surface area contributed by atoms with Gasteiger partial charge in [-0.15, -0.1) is 0 Å². The molecule has 4 aromatic rings. The van der Waals surface area contributed by atoms with Crippen molar-refractivity contribution in [3.8, 4) is 17.1 Å². The molecule has 1 aliphatic carbocycles. The van der Waals surface area contributed by atoms with Crippen LogP contribution in [0, 0.1) is 0 Å². The van der Waals surface area contributed by atoms with Crippen LogP contribution in [-0.2, 0) is 16.4 Å².